The molecule has 2 heterocycles. The lowest BCUT2D eigenvalue weighted by Crippen LogP contribution is -2.49. The summed E-state index contributed by atoms with van der Waals surface area (Å²) in [7, 11) is -2.31. The molecule has 7 nitrogen and oxygen atoms in total. The molecule has 0 unspecified atom stereocenters. The van der Waals surface area contributed by atoms with Crippen molar-refractivity contribution >= 4 is 38.9 Å². The summed E-state index contributed by atoms with van der Waals surface area (Å²) in [6.45, 7) is 4.21. The number of carbonyl (C=O) groups excluding carboxylic acids is 1. The molecule has 0 bridgehead atoms. The molecule has 3 aromatic rings. The maximum atomic E-state index is 13.7. The summed E-state index contributed by atoms with van der Waals surface area (Å²) in [6, 6.07) is 14.7. The van der Waals surface area contributed by atoms with Gasteiger partial charge in [0, 0.05) is 28.6 Å². The van der Waals surface area contributed by atoms with Crippen LogP contribution in [0.3, 0.4) is 0 Å². The van der Waals surface area contributed by atoms with Gasteiger partial charge in [-0.05, 0) is 73.2 Å². The fourth-order valence-corrected chi connectivity index (χ4v) is 7.10. The molecule has 1 aliphatic heterocycles. The first-order chi connectivity index (χ1) is 17.7. The number of ether oxygens (including phenoxy) is 2. The number of carbonyl (C=O) groups is 1. The van der Waals surface area contributed by atoms with Crippen molar-refractivity contribution in [2.24, 2.45) is 0 Å². The summed E-state index contributed by atoms with van der Waals surface area (Å²) in [5, 5.41) is 2.47. The van der Waals surface area contributed by atoms with Crippen LogP contribution in [0.4, 0.5) is 0 Å². The van der Waals surface area contributed by atoms with Gasteiger partial charge >= 0.3 is 0 Å². The first-order valence-electron chi connectivity index (χ1n) is 12.1. The van der Waals surface area contributed by atoms with E-state index in [9.17, 15) is 13.2 Å². The first-order valence-corrected chi connectivity index (χ1v) is 14.8. The Hall–Kier alpha value is -2.59. The lowest BCUT2D eigenvalue weighted by molar-refractivity contribution is -0.135. The molecule has 1 aliphatic rings. The Bertz CT molecular complexity index is 1330. The number of amides is 1. The molecule has 0 fully saturated rings. The monoisotopic (exact) mass is 562 g/mol. The van der Waals surface area contributed by atoms with Crippen LogP contribution in [-0.2, 0) is 21.2 Å². The van der Waals surface area contributed by atoms with Crippen LogP contribution >= 0.6 is 22.9 Å². The van der Waals surface area contributed by atoms with Crippen LogP contribution in [0.5, 0.6) is 11.5 Å². The van der Waals surface area contributed by atoms with Gasteiger partial charge in [-0.25, -0.2) is 8.42 Å². The number of hydrogen-bond donors (Lipinski definition) is 0. The molecular formula is C27H31ClN2O5S2. The molecule has 0 spiro atoms. The van der Waals surface area contributed by atoms with Crippen LogP contribution in [0.1, 0.15) is 36.8 Å². The van der Waals surface area contributed by atoms with E-state index in [-0.39, 0.29) is 36.0 Å². The van der Waals surface area contributed by atoms with E-state index in [4.69, 9.17) is 21.1 Å². The standard InChI is InChI=1S/C27H31ClN2O5S2/c1-4-19(2)30(37(32,33)23-10-8-20(28)9-11-23)17-27(31)29-14-12-26-24(13-15-36-26)25(29)18-35-22-7-5-6-21(16-22)34-3/h5-11,13,15-16,19,25H,4,12,14,17-18H2,1-3H3/t19-,25-/m0/s1. The van der Waals surface area contributed by atoms with Gasteiger partial charge in [0.05, 0.1) is 24.6 Å². The predicted molar refractivity (Wildman–Crippen MR) is 146 cm³/mol. The third kappa shape index (κ3) is 6.12. The first kappa shape index (κ1) is 27.4. The molecule has 0 N–H and O–H groups in total. The third-order valence-electron chi connectivity index (χ3n) is 6.66. The van der Waals surface area contributed by atoms with Crippen molar-refractivity contribution in [1.82, 2.24) is 9.21 Å². The summed E-state index contributed by atoms with van der Waals surface area (Å²) in [5.74, 6) is 1.07. The van der Waals surface area contributed by atoms with E-state index in [2.05, 4.69) is 0 Å². The molecule has 1 aromatic heterocycles. The second kappa shape index (κ2) is 11.9. The minimum Gasteiger partial charge on any atom is -0.497 e. The zero-order valence-electron chi connectivity index (χ0n) is 21.1. The van der Waals surface area contributed by atoms with Crippen molar-refractivity contribution < 1.29 is 22.7 Å². The minimum atomic E-state index is -3.91. The van der Waals surface area contributed by atoms with Gasteiger partial charge in [-0.1, -0.05) is 24.6 Å². The zero-order valence-corrected chi connectivity index (χ0v) is 23.5. The number of hydrogen-bond acceptors (Lipinski definition) is 6. The Morgan fingerprint density at radius 3 is 2.62 bits per heavy atom. The van der Waals surface area contributed by atoms with Gasteiger partial charge in [-0.15, -0.1) is 11.3 Å². The van der Waals surface area contributed by atoms with Crippen LogP contribution in [0, 0.1) is 0 Å². The summed E-state index contributed by atoms with van der Waals surface area (Å²) in [4.78, 5) is 16.8. The smallest absolute Gasteiger partial charge is 0.243 e. The SMILES string of the molecule is CC[C@H](C)N(CC(=O)N1CCc2sccc2[C@@H]1COc1cccc(OC)c1)S(=O)(=O)c1ccc(Cl)cc1. The molecule has 198 valence electrons. The molecule has 37 heavy (non-hydrogen) atoms. The quantitative estimate of drug-likeness (QED) is 0.330. The number of nitrogens with zero attached hydrogens (tertiary/aromatic N) is 2. The highest BCUT2D eigenvalue weighted by molar-refractivity contribution is 7.89. The Morgan fingerprint density at radius 1 is 1.19 bits per heavy atom. The summed E-state index contributed by atoms with van der Waals surface area (Å²) in [5.41, 5.74) is 1.04. The van der Waals surface area contributed by atoms with Gasteiger partial charge in [0.2, 0.25) is 15.9 Å². The molecule has 10 heteroatoms. The summed E-state index contributed by atoms with van der Waals surface area (Å²) in [6.07, 6.45) is 1.29. The number of benzene rings is 2. The largest absolute Gasteiger partial charge is 0.497 e. The molecule has 2 aromatic carbocycles. The van der Waals surface area contributed by atoms with Crippen LogP contribution in [-0.4, -0.2) is 56.4 Å². The van der Waals surface area contributed by atoms with E-state index in [1.54, 1.807) is 41.5 Å². The van der Waals surface area contributed by atoms with Crippen molar-refractivity contribution in [2.75, 3.05) is 26.8 Å². The second-order valence-electron chi connectivity index (χ2n) is 8.90. The van der Waals surface area contributed by atoms with Crippen LogP contribution in [0.2, 0.25) is 5.02 Å². The molecule has 0 saturated heterocycles. The van der Waals surface area contributed by atoms with Gasteiger partial charge in [0.25, 0.3) is 0 Å². The molecule has 0 saturated carbocycles. The van der Waals surface area contributed by atoms with E-state index >= 15 is 0 Å². The lowest BCUT2D eigenvalue weighted by atomic mass is 10.0. The van der Waals surface area contributed by atoms with Crippen LogP contribution < -0.4 is 9.47 Å². The highest BCUT2D eigenvalue weighted by Crippen LogP contribution is 2.35. The number of methoxy groups -OCH3 is 1. The Labute approximate surface area is 227 Å². The van der Waals surface area contributed by atoms with E-state index in [1.807, 2.05) is 43.5 Å². The van der Waals surface area contributed by atoms with Crippen LogP contribution in [0.25, 0.3) is 0 Å². The number of rotatable bonds is 10. The number of sulfonamides is 1. The fraction of sp³-hybridized carbons (Fsp3) is 0.370. The maximum absolute atomic E-state index is 13.7. The van der Waals surface area contributed by atoms with Crippen molar-refractivity contribution in [3.8, 4) is 11.5 Å². The average molecular weight is 563 g/mol. The van der Waals surface area contributed by atoms with Crippen LogP contribution in [0.15, 0.2) is 64.9 Å². The van der Waals surface area contributed by atoms with Crippen molar-refractivity contribution in [2.45, 2.75) is 43.7 Å². The number of halogens is 1. The highest BCUT2D eigenvalue weighted by atomic mass is 35.5. The van der Waals surface area contributed by atoms with Gasteiger partial charge < -0.3 is 14.4 Å². The lowest BCUT2D eigenvalue weighted by Gasteiger charge is -2.37. The molecule has 4 rings (SSSR count). The summed E-state index contributed by atoms with van der Waals surface area (Å²) >= 11 is 7.63. The number of thiophene rings is 1. The topological polar surface area (TPSA) is 76.2 Å². The Morgan fingerprint density at radius 2 is 1.92 bits per heavy atom. The maximum Gasteiger partial charge on any atom is 0.243 e. The van der Waals surface area contributed by atoms with Gasteiger partial charge in [-0.2, -0.15) is 4.31 Å². The summed E-state index contributed by atoms with van der Waals surface area (Å²) < 4.78 is 39.8. The van der Waals surface area contributed by atoms with Gasteiger partial charge in [0.1, 0.15) is 18.1 Å². The normalized spacial score (nSPS) is 16.4. The zero-order chi connectivity index (χ0) is 26.6. The Kier molecular flexibility index (Phi) is 8.79. The molecular weight excluding hydrogens is 532 g/mol. The van der Waals surface area contributed by atoms with E-state index in [0.717, 1.165) is 12.0 Å². The van der Waals surface area contributed by atoms with Gasteiger partial charge in [0.15, 0.2) is 0 Å². The highest BCUT2D eigenvalue weighted by Gasteiger charge is 2.36. The number of fused-ring (bicyclic) bond motifs is 1. The van der Waals surface area contributed by atoms with E-state index < -0.39 is 10.0 Å². The fourth-order valence-electron chi connectivity index (χ4n) is 4.39. The Balaban J connectivity index is 1.58. The van der Waals surface area contributed by atoms with E-state index in [1.165, 1.54) is 21.3 Å². The van der Waals surface area contributed by atoms with Gasteiger partial charge in [-0.3, -0.25) is 4.79 Å². The molecule has 0 radical (unpaired) electrons. The van der Waals surface area contributed by atoms with Crippen molar-refractivity contribution in [3.63, 3.8) is 0 Å². The van der Waals surface area contributed by atoms with Crippen molar-refractivity contribution in [1.29, 1.82) is 0 Å². The molecule has 1 amide bonds. The van der Waals surface area contributed by atoms with E-state index in [0.29, 0.717) is 29.5 Å². The third-order valence-corrected chi connectivity index (χ3v) is 9.88. The average Bonchev–Trinajstić information content (AvgIpc) is 3.39. The molecule has 0 aliphatic carbocycles. The van der Waals surface area contributed by atoms with Crippen molar-refractivity contribution in [3.05, 3.63) is 75.4 Å². The minimum absolute atomic E-state index is 0.113. The predicted octanol–water partition coefficient (Wildman–Crippen LogP) is 5.40. The molecule has 2 atom stereocenters. The second-order valence-corrected chi connectivity index (χ2v) is 12.2.